The van der Waals surface area contributed by atoms with Crippen molar-refractivity contribution >= 4 is 43.9 Å². The minimum Gasteiger partial charge on any atom is -0.0836 e. The van der Waals surface area contributed by atoms with Crippen molar-refractivity contribution in [3.05, 3.63) is 96.0 Å². The summed E-state index contributed by atoms with van der Waals surface area (Å²) in [4.78, 5) is 0. The molecule has 5 aromatic carbocycles. The fourth-order valence-corrected chi connectivity index (χ4v) is 4.10. The molecule has 0 heterocycles. The second-order valence-corrected chi connectivity index (χ2v) is 6.75. The molecule has 0 aliphatic carbocycles. The zero-order chi connectivity index (χ0) is 16.8. The summed E-state index contributed by atoms with van der Waals surface area (Å²) >= 11 is 6.79. The molecule has 0 spiro atoms. The van der Waals surface area contributed by atoms with Crippen molar-refractivity contribution in [3.63, 3.8) is 0 Å². The van der Waals surface area contributed by atoms with Crippen LogP contribution in [0, 0.1) is 0 Å². The van der Waals surface area contributed by atoms with E-state index >= 15 is 0 Å². The Morgan fingerprint density at radius 2 is 0.960 bits per heavy atom. The van der Waals surface area contributed by atoms with Gasteiger partial charge in [-0.1, -0.05) is 90.5 Å². The van der Waals surface area contributed by atoms with Gasteiger partial charge >= 0.3 is 0 Å². The molecule has 0 saturated heterocycles. The van der Waals surface area contributed by atoms with E-state index in [2.05, 4.69) is 84.9 Å². The molecule has 0 aliphatic rings. The number of hydrogen-bond donors (Lipinski definition) is 0. The van der Waals surface area contributed by atoms with Crippen LogP contribution in [0.2, 0.25) is 5.02 Å². The zero-order valence-corrected chi connectivity index (χ0v) is 14.3. The van der Waals surface area contributed by atoms with Gasteiger partial charge in [-0.15, -0.1) is 0 Å². The summed E-state index contributed by atoms with van der Waals surface area (Å²) in [5, 5.41) is 8.12. The highest BCUT2D eigenvalue weighted by Gasteiger charge is 2.12. The van der Waals surface area contributed by atoms with Crippen molar-refractivity contribution in [2.45, 2.75) is 0 Å². The van der Waals surface area contributed by atoms with Crippen molar-refractivity contribution in [3.8, 4) is 11.1 Å². The Bertz CT molecular complexity index is 1240. The third kappa shape index (κ3) is 2.22. The molecular weight excluding hydrogens is 324 g/mol. The van der Waals surface area contributed by atoms with Gasteiger partial charge in [0.05, 0.1) is 0 Å². The van der Waals surface area contributed by atoms with Crippen LogP contribution in [0.15, 0.2) is 91.0 Å². The second-order valence-electron chi connectivity index (χ2n) is 6.34. The number of rotatable bonds is 1. The first-order valence-electron chi connectivity index (χ1n) is 8.41. The smallest absolute Gasteiger partial charge is 0.0497 e. The first-order chi connectivity index (χ1) is 12.3. The molecule has 0 saturated carbocycles. The molecule has 0 N–H and O–H groups in total. The average molecular weight is 339 g/mol. The van der Waals surface area contributed by atoms with E-state index in [1.54, 1.807) is 0 Å². The zero-order valence-electron chi connectivity index (χ0n) is 13.5. The predicted octanol–water partition coefficient (Wildman–Crippen LogP) is 7.47. The molecule has 5 rings (SSSR count). The quantitative estimate of drug-likeness (QED) is 0.278. The molecule has 0 bridgehead atoms. The monoisotopic (exact) mass is 338 g/mol. The Morgan fingerprint density at radius 1 is 0.440 bits per heavy atom. The molecule has 1 heteroatoms. The van der Waals surface area contributed by atoms with Crippen molar-refractivity contribution in [2.75, 3.05) is 0 Å². The summed E-state index contributed by atoms with van der Waals surface area (Å²) in [7, 11) is 0. The fourth-order valence-electron chi connectivity index (χ4n) is 3.78. The number of hydrogen-bond acceptors (Lipinski definition) is 0. The maximum absolute atomic E-state index is 6.79. The van der Waals surface area contributed by atoms with Gasteiger partial charge in [0.25, 0.3) is 0 Å². The Balaban J connectivity index is 2.01. The fraction of sp³-hybridized carbons (Fsp3) is 0. The highest BCUT2D eigenvalue weighted by atomic mass is 35.5. The molecular formula is C24H15Cl. The molecule has 0 aliphatic heterocycles. The maximum Gasteiger partial charge on any atom is 0.0497 e. The molecule has 0 fully saturated rings. The van der Waals surface area contributed by atoms with Gasteiger partial charge in [-0.2, -0.15) is 0 Å². The summed E-state index contributed by atoms with van der Waals surface area (Å²) in [6.45, 7) is 0. The third-order valence-corrected chi connectivity index (χ3v) is 5.20. The van der Waals surface area contributed by atoms with Gasteiger partial charge in [0.15, 0.2) is 0 Å². The van der Waals surface area contributed by atoms with Gasteiger partial charge in [-0.05, 0) is 50.2 Å². The van der Waals surface area contributed by atoms with Gasteiger partial charge < -0.3 is 0 Å². The minimum atomic E-state index is 0.804. The van der Waals surface area contributed by atoms with Crippen molar-refractivity contribution < 1.29 is 0 Å². The van der Waals surface area contributed by atoms with Crippen LogP contribution in [0.5, 0.6) is 0 Å². The van der Waals surface area contributed by atoms with Crippen LogP contribution in [0.1, 0.15) is 0 Å². The minimum absolute atomic E-state index is 0.804. The second kappa shape index (κ2) is 5.61. The maximum atomic E-state index is 6.79. The summed E-state index contributed by atoms with van der Waals surface area (Å²) in [5.41, 5.74) is 2.34. The van der Waals surface area contributed by atoms with E-state index < -0.39 is 0 Å². The Morgan fingerprint density at radius 3 is 1.64 bits per heavy atom. The van der Waals surface area contributed by atoms with Crippen LogP contribution < -0.4 is 0 Å². The average Bonchev–Trinajstić information content (AvgIpc) is 2.68. The molecule has 0 amide bonds. The van der Waals surface area contributed by atoms with Crippen LogP contribution in [0.3, 0.4) is 0 Å². The van der Waals surface area contributed by atoms with Crippen molar-refractivity contribution in [1.82, 2.24) is 0 Å². The highest BCUT2D eigenvalue weighted by molar-refractivity contribution is 6.41. The topological polar surface area (TPSA) is 0 Å². The highest BCUT2D eigenvalue weighted by Crippen LogP contribution is 2.40. The van der Waals surface area contributed by atoms with Gasteiger partial charge in [0, 0.05) is 10.4 Å². The van der Waals surface area contributed by atoms with E-state index in [0.717, 1.165) is 16.0 Å². The number of halogens is 1. The largest absolute Gasteiger partial charge is 0.0836 e. The summed E-state index contributed by atoms with van der Waals surface area (Å²) in [5.74, 6) is 0. The molecule has 5 aromatic rings. The lowest BCUT2D eigenvalue weighted by atomic mass is 9.92. The molecule has 0 atom stereocenters. The SMILES string of the molecule is Clc1cc(-c2ccccc2)cc2c3ccccc3c3ccccc3c12. The van der Waals surface area contributed by atoms with Crippen LogP contribution in [0.4, 0.5) is 0 Å². The lowest BCUT2D eigenvalue weighted by Gasteiger charge is -2.13. The summed E-state index contributed by atoms with van der Waals surface area (Å²) < 4.78 is 0. The Hall–Kier alpha value is -2.83. The molecule has 0 aromatic heterocycles. The van der Waals surface area contributed by atoms with Crippen LogP contribution in [-0.4, -0.2) is 0 Å². The summed E-state index contributed by atoms with van der Waals surface area (Å²) in [6.07, 6.45) is 0. The van der Waals surface area contributed by atoms with E-state index in [0.29, 0.717) is 0 Å². The molecule has 0 radical (unpaired) electrons. The molecule has 118 valence electrons. The van der Waals surface area contributed by atoms with Crippen LogP contribution in [-0.2, 0) is 0 Å². The predicted molar refractivity (Wildman–Crippen MR) is 109 cm³/mol. The van der Waals surface area contributed by atoms with Crippen molar-refractivity contribution in [1.29, 1.82) is 0 Å². The van der Waals surface area contributed by atoms with E-state index in [1.807, 2.05) is 6.07 Å². The van der Waals surface area contributed by atoms with E-state index in [9.17, 15) is 0 Å². The molecule has 0 unspecified atom stereocenters. The third-order valence-electron chi connectivity index (χ3n) is 4.90. The van der Waals surface area contributed by atoms with Gasteiger partial charge in [0.2, 0.25) is 0 Å². The lowest BCUT2D eigenvalue weighted by Crippen LogP contribution is -1.86. The standard InChI is InChI=1S/C24H15Cl/c25-23-15-17(16-8-2-1-3-9-16)14-22-20-12-5-4-10-18(20)19-11-6-7-13-21(19)24(22)23/h1-15H. The summed E-state index contributed by atoms with van der Waals surface area (Å²) in [6, 6.07) is 31.9. The van der Waals surface area contributed by atoms with E-state index in [-0.39, 0.29) is 0 Å². The van der Waals surface area contributed by atoms with Crippen LogP contribution >= 0.6 is 11.6 Å². The van der Waals surface area contributed by atoms with Crippen molar-refractivity contribution in [2.24, 2.45) is 0 Å². The first-order valence-corrected chi connectivity index (χ1v) is 8.79. The Kier molecular flexibility index (Phi) is 3.26. The van der Waals surface area contributed by atoms with E-state index in [4.69, 9.17) is 11.6 Å². The van der Waals surface area contributed by atoms with Gasteiger partial charge in [-0.25, -0.2) is 0 Å². The lowest BCUT2D eigenvalue weighted by molar-refractivity contribution is 1.65. The van der Waals surface area contributed by atoms with E-state index in [1.165, 1.54) is 32.5 Å². The van der Waals surface area contributed by atoms with Gasteiger partial charge in [0.1, 0.15) is 0 Å². The van der Waals surface area contributed by atoms with Gasteiger partial charge in [-0.3, -0.25) is 0 Å². The molecule has 25 heavy (non-hydrogen) atoms. The first kappa shape index (κ1) is 14.5. The Labute approximate surface area is 151 Å². The molecule has 0 nitrogen and oxygen atoms in total. The number of benzene rings is 5. The number of fused-ring (bicyclic) bond motifs is 6. The normalized spacial score (nSPS) is 11.4. The van der Waals surface area contributed by atoms with Crippen LogP contribution in [0.25, 0.3) is 43.4 Å².